The number of anilines is 1. The van der Waals surface area contributed by atoms with Crippen LogP contribution in [0.15, 0.2) is 42.7 Å². The number of carboxylic acids is 1. The Kier molecular flexibility index (Phi) is 8.39. The molecule has 3 aromatic rings. The van der Waals surface area contributed by atoms with Gasteiger partial charge < -0.3 is 34.7 Å². The van der Waals surface area contributed by atoms with Crippen molar-refractivity contribution in [2.24, 2.45) is 0 Å². The fourth-order valence-corrected chi connectivity index (χ4v) is 5.63. The number of nitrogens with one attached hydrogen (secondary N) is 2. The number of β-amino-alcohol motifs (C(OH)–C–C–N with tert-alkyl or cyclic N) is 1. The molecule has 1 amide bonds. The maximum atomic E-state index is 12.8. The number of fused-ring (bicyclic) bond motifs is 3. The van der Waals surface area contributed by atoms with Crippen LogP contribution in [0, 0.1) is 0 Å². The fourth-order valence-electron chi connectivity index (χ4n) is 5.63. The van der Waals surface area contributed by atoms with Crippen LogP contribution < -0.4 is 20.1 Å². The molecule has 1 atom stereocenters. The van der Waals surface area contributed by atoms with Crippen molar-refractivity contribution in [3.05, 3.63) is 54.0 Å². The fraction of sp³-hybridized carbons (Fsp3) is 0.464. The third kappa shape index (κ3) is 5.83. The lowest BCUT2D eigenvalue weighted by Gasteiger charge is -2.28. The zero-order valence-corrected chi connectivity index (χ0v) is 22.9. The molecule has 10 nitrogen and oxygen atoms in total. The van der Waals surface area contributed by atoms with Crippen LogP contribution in [0.3, 0.4) is 0 Å². The Bertz CT molecular complexity index is 1350. The van der Waals surface area contributed by atoms with Crippen LogP contribution in [-0.4, -0.2) is 62.9 Å². The molecule has 3 heterocycles. The van der Waals surface area contributed by atoms with E-state index in [1.165, 1.54) is 0 Å². The van der Waals surface area contributed by atoms with Crippen LogP contribution in [0.1, 0.15) is 50.8 Å². The van der Waals surface area contributed by atoms with Crippen molar-refractivity contribution >= 4 is 35.6 Å². The van der Waals surface area contributed by atoms with Crippen molar-refractivity contribution in [2.45, 2.75) is 63.0 Å². The summed E-state index contributed by atoms with van der Waals surface area (Å²) in [6, 6.07) is 9.13. The smallest absolute Gasteiger partial charge is 0.341 e. The largest absolute Gasteiger partial charge is 0.490 e. The quantitative estimate of drug-likeness (QED) is 0.281. The minimum atomic E-state index is -1.05. The van der Waals surface area contributed by atoms with Gasteiger partial charge in [-0.15, -0.1) is 12.4 Å². The molecule has 11 heteroatoms. The van der Waals surface area contributed by atoms with Crippen LogP contribution >= 0.6 is 12.4 Å². The lowest BCUT2D eigenvalue weighted by atomic mass is 9.79. The summed E-state index contributed by atoms with van der Waals surface area (Å²) in [5, 5.41) is 26.1. The molecule has 39 heavy (non-hydrogen) atoms. The number of aromatic nitrogens is 2. The van der Waals surface area contributed by atoms with Crippen molar-refractivity contribution < 1.29 is 29.3 Å². The van der Waals surface area contributed by atoms with E-state index in [4.69, 9.17) is 14.6 Å². The molecule has 0 bridgehead atoms. The molecule has 2 aromatic heterocycles. The summed E-state index contributed by atoms with van der Waals surface area (Å²) in [5.41, 5.74) is 2.32. The second kappa shape index (κ2) is 11.4. The monoisotopic (exact) mass is 558 g/mol. The van der Waals surface area contributed by atoms with Crippen LogP contribution in [-0.2, 0) is 21.4 Å². The molecular formula is C28H35ClN4O6. The Balaban J connectivity index is 0.00000353. The first-order chi connectivity index (χ1) is 18.2. The zero-order valence-electron chi connectivity index (χ0n) is 22.1. The van der Waals surface area contributed by atoms with Crippen LogP contribution in [0.5, 0.6) is 11.5 Å². The number of carbonyl (C=O) groups is 2. The van der Waals surface area contributed by atoms with Gasteiger partial charge in [-0.3, -0.25) is 4.79 Å². The number of carbonyl (C=O) groups excluding carboxylic acids is 1. The first kappa shape index (κ1) is 28.7. The first-order valence-electron chi connectivity index (χ1n) is 13.0. The summed E-state index contributed by atoms with van der Waals surface area (Å²) in [5.74, 6) is 0.0698. The summed E-state index contributed by atoms with van der Waals surface area (Å²) in [7, 11) is 0. The van der Waals surface area contributed by atoms with Crippen molar-refractivity contribution in [2.75, 3.05) is 25.1 Å². The molecule has 1 spiro atoms. The molecule has 1 aromatic carbocycles. The number of carboxylic acid groups (broad SMARTS) is 1. The molecular weight excluding hydrogens is 524 g/mol. The summed E-state index contributed by atoms with van der Waals surface area (Å²) >= 11 is 0. The van der Waals surface area contributed by atoms with E-state index in [0.29, 0.717) is 30.1 Å². The van der Waals surface area contributed by atoms with E-state index in [-0.39, 0.29) is 30.5 Å². The topological polar surface area (TPSA) is 134 Å². The Morgan fingerprint density at radius 2 is 1.95 bits per heavy atom. The number of halogens is 1. The van der Waals surface area contributed by atoms with Crippen molar-refractivity contribution in [1.29, 1.82) is 0 Å². The molecule has 1 fully saturated rings. The highest BCUT2D eigenvalue weighted by Gasteiger charge is 2.50. The van der Waals surface area contributed by atoms with Gasteiger partial charge in [-0.2, -0.15) is 0 Å². The molecule has 0 unspecified atom stereocenters. The Labute approximate surface area is 233 Å². The van der Waals surface area contributed by atoms with Gasteiger partial charge in [-0.05, 0) is 51.0 Å². The first-order valence-corrected chi connectivity index (χ1v) is 13.0. The number of benzene rings is 1. The predicted molar refractivity (Wildman–Crippen MR) is 148 cm³/mol. The van der Waals surface area contributed by atoms with Gasteiger partial charge in [-0.25, -0.2) is 9.78 Å². The average molecular weight is 559 g/mol. The van der Waals surface area contributed by atoms with E-state index in [1.807, 2.05) is 42.6 Å². The van der Waals surface area contributed by atoms with Crippen molar-refractivity contribution in [1.82, 2.24) is 14.7 Å². The van der Waals surface area contributed by atoms with Crippen LogP contribution in [0.25, 0.3) is 5.65 Å². The standard InChI is InChI=1S/C28H34N4O6.ClH/c1-27(2,13-18-14-29-25-22(38-17-23(34)35)9-6-12-32(18)25)30-15-19(33)16-37-21-8-5-7-20-24(21)28(26(36)31-20)10-3-4-11-28;/h5-9,12,14,19,30,33H,3-4,10-11,13,15-17H2,1-2H3,(H,31,36)(H,34,35);1H/t19-;/m0./s1. The average Bonchev–Trinajstić information content (AvgIpc) is 3.60. The van der Waals surface area contributed by atoms with E-state index in [0.717, 1.165) is 42.6 Å². The minimum Gasteiger partial charge on any atom is -0.490 e. The van der Waals surface area contributed by atoms with Gasteiger partial charge in [0.05, 0.1) is 5.41 Å². The van der Waals surface area contributed by atoms with Crippen LogP contribution in [0.2, 0.25) is 0 Å². The van der Waals surface area contributed by atoms with Gasteiger partial charge >= 0.3 is 5.97 Å². The highest BCUT2D eigenvalue weighted by molar-refractivity contribution is 6.07. The van der Waals surface area contributed by atoms with Gasteiger partial charge in [-0.1, -0.05) is 18.9 Å². The number of hydrogen-bond acceptors (Lipinski definition) is 7. The van der Waals surface area contributed by atoms with E-state index < -0.39 is 24.1 Å². The molecule has 4 N–H and O–H groups in total. The second-order valence-electron chi connectivity index (χ2n) is 10.8. The molecule has 0 radical (unpaired) electrons. The van der Waals surface area contributed by atoms with Crippen molar-refractivity contribution in [3.63, 3.8) is 0 Å². The van der Waals surface area contributed by atoms with E-state index in [1.54, 1.807) is 18.3 Å². The number of hydrogen-bond donors (Lipinski definition) is 4. The second-order valence-corrected chi connectivity index (χ2v) is 10.8. The molecule has 1 aliphatic carbocycles. The van der Waals surface area contributed by atoms with Crippen LogP contribution in [0.4, 0.5) is 5.69 Å². The zero-order chi connectivity index (χ0) is 26.9. The summed E-state index contributed by atoms with van der Waals surface area (Å²) in [6.45, 7) is 4.05. The Morgan fingerprint density at radius 3 is 2.69 bits per heavy atom. The number of amides is 1. The summed E-state index contributed by atoms with van der Waals surface area (Å²) in [4.78, 5) is 28.1. The lowest BCUT2D eigenvalue weighted by Crippen LogP contribution is -2.46. The normalized spacial score (nSPS) is 16.5. The molecule has 0 saturated heterocycles. The van der Waals surface area contributed by atoms with E-state index in [9.17, 15) is 14.7 Å². The number of imidazole rings is 1. The Hall–Kier alpha value is -3.34. The third-order valence-electron chi connectivity index (χ3n) is 7.44. The Morgan fingerprint density at radius 1 is 1.21 bits per heavy atom. The number of pyridine rings is 1. The van der Waals surface area contributed by atoms with Gasteiger partial charge in [0.2, 0.25) is 5.91 Å². The third-order valence-corrected chi connectivity index (χ3v) is 7.44. The SMILES string of the molecule is CC(C)(Cc1cnc2c(OCC(=O)O)cccn12)NC[C@H](O)COc1cccc2c1C1(CCCC1)C(=O)N2.Cl. The summed E-state index contributed by atoms with van der Waals surface area (Å²) < 4.78 is 13.3. The van der Waals surface area contributed by atoms with Gasteiger partial charge in [0.25, 0.3) is 0 Å². The number of aliphatic carboxylic acids is 1. The maximum absolute atomic E-state index is 12.8. The number of aliphatic hydroxyl groups is 1. The highest BCUT2D eigenvalue weighted by Crippen LogP contribution is 2.52. The maximum Gasteiger partial charge on any atom is 0.341 e. The summed E-state index contributed by atoms with van der Waals surface area (Å²) in [6.07, 6.45) is 7.13. The van der Waals surface area contributed by atoms with Gasteiger partial charge in [0.15, 0.2) is 18.0 Å². The lowest BCUT2D eigenvalue weighted by molar-refractivity contribution is -0.139. The van der Waals surface area contributed by atoms with E-state index >= 15 is 0 Å². The van der Waals surface area contributed by atoms with E-state index in [2.05, 4.69) is 15.6 Å². The molecule has 2 aliphatic rings. The molecule has 5 rings (SSSR count). The number of nitrogens with zero attached hydrogens (tertiary/aromatic N) is 2. The van der Waals surface area contributed by atoms with Gasteiger partial charge in [0.1, 0.15) is 18.5 Å². The molecule has 210 valence electrons. The number of ether oxygens (including phenoxy) is 2. The highest BCUT2D eigenvalue weighted by atomic mass is 35.5. The number of aliphatic hydroxyl groups excluding tert-OH is 1. The van der Waals surface area contributed by atoms with Crippen molar-refractivity contribution in [3.8, 4) is 11.5 Å². The predicted octanol–water partition coefficient (Wildman–Crippen LogP) is 3.33. The minimum absolute atomic E-state index is 0. The molecule has 1 aliphatic heterocycles. The number of rotatable bonds is 11. The molecule has 1 saturated carbocycles. The van der Waals surface area contributed by atoms with Gasteiger partial charge in [0, 0.05) is 47.8 Å².